The first-order chi connectivity index (χ1) is 16.6. The standard InChI is InChI=1S/C33H36N2/c1-31(2,3)23-15-19-25(20-16-23)34-33(35-26-21-17-24(18-22-26)32(4,5)6)29-13-9-7-11-27(29)28-12-8-10-14-30(28)33/h7-22,34-35H,1-6H3. The van der Waals surface area contributed by atoms with Crippen molar-refractivity contribution >= 4 is 11.4 Å². The van der Waals surface area contributed by atoms with Crippen molar-refractivity contribution in [2.45, 2.75) is 58.0 Å². The Morgan fingerprint density at radius 2 is 0.800 bits per heavy atom. The van der Waals surface area contributed by atoms with Gasteiger partial charge in [0.05, 0.1) is 0 Å². The second-order valence-electron chi connectivity index (χ2n) is 11.7. The molecule has 0 aliphatic heterocycles. The fourth-order valence-corrected chi connectivity index (χ4v) is 5.08. The molecule has 0 aromatic heterocycles. The van der Waals surface area contributed by atoms with Gasteiger partial charge in [-0.05, 0) is 57.3 Å². The first-order valence-electron chi connectivity index (χ1n) is 12.5. The quantitative estimate of drug-likeness (QED) is 0.298. The van der Waals surface area contributed by atoms with E-state index in [0.717, 1.165) is 11.4 Å². The average Bonchev–Trinajstić information content (AvgIpc) is 3.09. The van der Waals surface area contributed by atoms with Crippen LogP contribution < -0.4 is 10.6 Å². The molecule has 2 heteroatoms. The van der Waals surface area contributed by atoms with Crippen LogP contribution in [0.4, 0.5) is 11.4 Å². The van der Waals surface area contributed by atoms with Gasteiger partial charge in [0.25, 0.3) is 0 Å². The first-order valence-corrected chi connectivity index (χ1v) is 12.5. The zero-order valence-electron chi connectivity index (χ0n) is 21.7. The van der Waals surface area contributed by atoms with E-state index in [1.165, 1.54) is 33.4 Å². The van der Waals surface area contributed by atoms with Gasteiger partial charge in [-0.1, -0.05) is 114 Å². The Labute approximate surface area is 210 Å². The van der Waals surface area contributed by atoms with Crippen LogP contribution in [0.25, 0.3) is 11.1 Å². The molecule has 4 aromatic carbocycles. The maximum Gasteiger partial charge on any atom is 0.162 e. The zero-order valence-corrected chi connectivity index (χ0v) is 21.7. The Hall–Kier alpha value is -3.52. The van der Waals surface area contributed by atoms with Crippen molar-refractivity contribution in [2.24, 2.45) is 0 Å². The minimum Gasteiger partial charge on any atom is -0.355 e. The minimum atomic E-state index is -0.584. The van der Waals surface area contributed by atoms with Gasteiger partial charge in [0.15, 0.2) is 5.66 Å². The molecule has 2 N–H and O–H groups in total. The van der Waals surface area contributed by atoms with E-state index >= 15 is 0 Å². The molecule has 0 amide bonds. The van der Waals surface area contributed by atoms with E-state index in [9.17, 15) is 0 Å². The lowest BCUT2D eigenvalue weighted by Gasteiger charge is -2.36. The molecular weight excluding hydrogens is 424 g/mol. The van der Waals surface area contributed by atoms with Crippen LogP contribution in [0.1, 0.15) is 63.8 Å². The highest BCUT2D eigenvalue weighted by Gasteiger charge is 2.43. The summed E-state index contributed by atoms with van der Waals surface area (Å²) in [6.45, 7) is 13.5. The highest BCUT2D eigenvalue weighted by atomic mass is 15.2. The molecule has 0 saturated heterocycles. The molecule has 4 aromatic rings. The Morgan fingerprint density at radius 3 is 1.14 bits per heavy atom. The van der Waals surface area contributed by atoms with Gasteiger partial charge < -0.3 is 10.6 Å². The Balaban J connectivity index is 1.63. The third kappa shape index (κ3) is 4.23. The molecule has 178 valence electrons. The van der Waals surface area contributed by atoms with Crippen LogP contribution in [0.5, 0.6) is 0 Å². The summed E-state index contributed by atoms with van der Waals surface area (Å²) in [4.78, 5) is 0. The van der Waals surface area contributed by atoms with E-state index in [0.29, 0.717) is 0 Å². The summed E-state index contributed by atoms with van der Waals surface area (Å²) in [6.07, 6.45) is 0. The summed E-state index contributed by atoms with van der Waals surface area (Å²) < 4.78 is 0. The van der Waals surface area contributed by atoms with Crippen molar-refractivity contribution < 1.29 is 0 Å². The molecule has 0 atom stereocenters. The van der Waals surface area contributed by atoms with Gasteiger partial charge in [0, 0.05) is 22.5 Å². The zero-order chi connectivity index (χ0) is 24.8. The molecule has 0 fully saturated rings. The Morgan fingerprint density at radius 1 is 0.457 bits per heavy atom. The molecule has 0 radical (unpaired) electrons. The fourth-order valence-electron chi connectivity index (χ4n) is 5.08. The summed E-state index contributed by atoms with van der Waals surface area (Å²) in [5, 5.41) is 7.86. The summed E-state index contributed by atoms with van der Waals surface area (Å²) in [5.74, 6) is 0. The van der Waals surface area contributed by atoms with E-state index in [2.05, 4.69) is 149 Å². The van der Waals surface area contributed by atoms with Gasteiger partial charge in [-0.2, -0.15) is 0 Å². The predicted octanol–water partition coefficient (Wildman–Crippen LogP) is 8.69. The van der Waals surface area contributed by atoms with Crippen LogP contribution in [0, 0.1) is 0 Å². The number of nitrogens with one attached hydrogen (secondary N) is 2. The summed E-state index contributed by atoms with van der Waals surface area (Å²) in [5.41, 5.74) is 9.49. The Kier molecular flexibility index (Phi) is 5.51. The molecule has 35 heavy (non-hydrogen) atoms. The largest absolute Gasteiger partial charge is 0.355 e. The molecule has 0 heterocycles. The van der Waals surface area contributed by atoms with Crippen molar-refractivity contribution in [1.29, 1.82) is 0 Å². The highest BCUT2D eigenvalue weighted by Crippen LogP contribution is 2.49. The average molecular weight is 461 g/mol. The van der Waals surface area contributed by atoms with Crippen LogP contribution in [0.15, 0.2) is 97.1 Å². The normalized spacial score (nSPS) is 14.2. The Bertz CT molecular complexity index is 1230. The molecular formula is C33H36N2. The number of benzene rings is 4. The monoisotopic (exact) mass is 460 g/mol. The van der Waals surface area contributed by atoms with Crippen molar-refractivity contribution in [3.05, 3.63) is 119 Å². The topological polar surface area (TPSA) is 24.1 Å². The number of hydrogen-bond acceptors (Lipinski definition) is 2. The van der Waals surface area contributed by atoms with Crippen LogP contribution in [-0.4, -0.2) is 0 Å². The van der Waals surface area contributed by atoms with Gasteiger partial charge >= 0.3 is 0 Å². The van der Waals surface area contributed by atoms with E-state index in [4.69, 9.17) is 0 Å². The maximum absolute atomic E-state index is 3.93. The molecule has 1 aliphatic rings. The molecule has 0 saturated carbocycles. The number of fused-ring (bicyclic) bond motifs is 3. The van der Waals surface area contributed by atoms with Crippen molar-refractivity contribution in [3.8, 4) is 11.1 Å². The maximum atomic E-state index is 3.93. The van der Waals surface area contributed by atoms with Crippen LogP contribution in [-0.2, 0) is 16.5 Å². The third-order valence-corrected chi connectivity index (χ3v) is 7.12. The molecule has 5 rings (SSSR count). The van der Waals surface area contributed by atoms with Crippen molar-refractivity contribution in [1.82, 2.24) is 0 Å². The molecule has 0 unspecified atom stereocenters. The SMILES string of the molecule is CC(C)(C)c1ccc(NC2(Nc3ccc(C(C)(C)C)cc3)c3ccccc3-c3ccccc32)cc1. The van der Waals surface area contributed by atoms with E-state index in [1.54, 1.807) is 0 Å². The lowest BCUT2D eigenvalue weighted by molar-refractivity contribution is 0.590. The van der Waals surface area contributed by atoms with Crippen molar-refractivity contribution in [3.63, 3.8) is 0 Å². The molecule has 2 nitrogen and oxygen atoms in total. The van der Waals surface area contributed by atoms with E-state index in [1.807, 2.05) is 0 Å². The van der Waals surface area contributed by atoms with Gasteiger partial charge in [0.1, 0.15) is 0 Å². The van der Waals surface area contributed by atoms with Crippen LogP contribution in [0.3, 0.4) is 0 Å². The van der Waals surface area contributed by atoms with Gasteiger partial charge in [0.2, 0.25) is 0 Å². The first kappa shape index (κ1) is 23.2. The van der Waals surface area contributed by atoms with Gasteiger partial charge in [-0.25, -0.2) is 0 Å². The summed E-state index contributed by atoms with van der Waals surface area (Å²) in [7, 11) is 0. The predicted molar refractivity (Wildman–Crippen MR) is 150 cm³/mol. The van der Waals surface area contributed by atoms with Gasteiger partial charge in [-0.15, -0.1) is 0 Å². The lowest BCUT2D eigenvalue weighted by atomic mass is 9.86. The number of hydrogen-bond donors (Lipinski definition) is 2. The second kappa shape index (κ2) is 8.30. The number of anilines is 2. The second-order valence-corrected chi connectivity index (χ2v) is 11.7. The van der Waals surface area contributed by atoms with Crippen LogP contribution >= 0.6 is 0 Å². The number of rotatable bonds is 4. The third-order valence-electron chi connectivity index (χ3n) is 7.12. The van der Waals surface area contributed by atoms with Gasteiger partial charge in [-0.3, -0.25) is 0 Å². The highest BCUT2D eigenvalue weighted by molar-refractivity contribution is 5.84. The summed E-state index contributed by atoms with van der Waals surface area (Å²) in [6, 6.07) is 35.2. The van der Waals surface area contributed by atoms with E-state index < -0.39 is 5.66 Å². The smallest absolute Gasteiger partial charge is 0.162 e. The fraction of sp³-hybridized carbons (Fsp3) is 0.273. The molecule has 1 aliphatic carbocycles. The minimum absolute atomic E-state index is 0.121. The van der Waals surface area contributed by atoms with Crippen molar-refractivity contribution in [2.75, 3.05) is 10.6 Å². The van der Waals surface area contributed by atoms with E-state index in [-0.39, 0.29) is 10.8 Å². The van der Waals surface area contributed by atoms with Crippen LogP contribution in [0.2, 0.25) is 0 Å². The lowest BCUT2D eigenvalue weighted by Crippen LogP contribution is -2.42. The molecule has 0 bridgehead atoms. The summed E-state index contributed by atoms with van der Waals surface area (Å²) >= 11 is 0. The molecule has 0 spiro atoms.